The van der Waals surface area contributed by atoms with Crippen LogP contribution in [-0.4, -0.2) is 19.2 Å². The van der Waals surface area contributed by atoms with Gasteiger partial charge < -0.3 is 9.47 Å². The van der Waals surface area contributed by atoms with Gasteiger partial charge in [-0.05, 0) is 30.7 Å². The molecule has 5 heteroatoms. The number of nitrogens with zero attached hydrogens (tertiary/aromatic N) is 2. The van der Waals surface area contributed by atoms with E-state index in [-0.39, 0.29) is 0 Å². The average molecular weight is 362 g/mol. The van der Waals surface area contributed by atoms with E-state index in [1.54, 1.807) is 20.3 Å². The fraction of sp³-hybridized carbons (Fsp3) is 0.143. The van der Waals surface area contributed by atoms with Crippen LogP contribution in [0.15, 0.2) is 47.8 Å². The van der Waals surface area contributed by atoms with Crippen molar-refractivity contribution < 1.29 is 9.47 Å². The van der Waals surface area contributed by atoms with Gasteiger partial charge in [0.15, 0.2) is 11.5 Å². The van der Waals surface area contributed by atoms with Gasteiger partial charge in [0.05, 0.1) is 25.5 Å². The molecule has 3 rings (SSSR count). The molecule has 2 aromatic carbocycles. The molecule has 1 heterocycles. The van der Waals surface area contributed by atoms with Gasteiger partial charge in [0.1, 0.15) is 11.1 Å². The highest BCUT2D eigenvalue weighted by Gasteiger charge is 2.10. The van der Waals surface area contributed by atoms with Crippen LogP contribution in [0.3, 0.4) is 0 Å². The van der Waals surface area contributed by atoms with Crippen LogP contribution < -0.4 is 9.47 Å². The Morgan fingerprint density at radius 2 is 1.81 bits per heavy atom. The van der Waals surface area contributed by atoms with Gasteiger partial charge in [0, 0.05) is 10.9 Å². The number of ether oxygens (including phenoxy) is 2. The fourth-order valence-corrected chi connectivity index (χ4v) is 3.30. The number of rotatable bonds is 5. The number of aryl methyl sites for hydroxylation is 1. The maximum atomic E-state index is 9.58. The summed E-state index contributed by atoms with van der Waals surface area (Å²) >= 11 is 1.46. The third kappa shape index (κ3) is 3.76. The van der Waals surface area contributed by atoms with E-state index in [0.29, 0.717) is 22.1 Å². The van der Waals surface area contributed by atoms with Gasteiger partial charge in [-0.1, -0.05) is 35.9 Å². The molecule has 0 bridgehead atoms. The zero-order valence-corrected chi connectivity index (χ0v) is 15.6. The zero-order chi connectivity index (χ0) is 18.5. The van der Waals surface area contributed by atoms with Crippen molar-refractivity contribution in [2.75, 3.05) is 14.2 Å². The van der Waals surface area contributed by atoms with Gasteiger partial charge in [0.2, 0.25) is 0 Å². The molecule has 0 N–H and O–H groups in total. The Balaban J connectivity index is 1.93. The molecule has 130 valence electrons. The summed E-state index contributed by atoms with van der Waals surface area (Å²) in [5.74, 6) is 1.28. The molecule has 4 nitrogen and oxygen atoms in total. The summed E-state index contributed by atoms with van der Waals surface area (Å²) in [7, 11) is 3.18. The number of benzene rings is 2. The number of aromatic nitrogens is 1. The third-order valence-electron chi connectivity index (χ3n) is 3.92. The van der Waals surface area contributed by atoms with Crippen molar-refractivity contribution in [2.24, 2.45) is 0 Å². The van der Waals surface area contributed by atoms with Gasteiger partial charge in [0.25, 0.3) is 0 Å². The Kier molecular flexibility index (Phi) is 5.35. The van der Waals surface area contributed by atoms with Gasteiger partial charge in [-0.2, -0.15) is 5.26 Å². The molecule has 0 aliphatic carbocycles. The second kappa shape index (κ2) is 7.85. The normalized spacial score (nSPS) is 11.1. The van der Waals surface area contributed by atoms with E-state index < -0.39 is 0 Å². The molecule has 0 amide bonds. The van der Waals surface area contributed by atoms with Crippen LogP contribution in [0.4, 0.5) is 0 Å². The first kappa shape index (κ1) is 17.7. The van der Waals surface area contributed by atoms with Crippen LogP contribution in [0, 0.1) is 18.3 Å². The highest BCUT2D eigenvalue weighted by atomic mass is 32.1. The molecule has 3 aromatic rings. The second-order valence-electron chi connectivity index (χ2n) is 5.69. The molecule has 0 saturated carbocycles. The summed E-state index contributed by atoms with van der Waals surface area (Å²) in [6, 6.07) is 16.0. The number of hydrogen-bond acceptors (Lipinski definition) is 5. The molecule has 0 aliphatic heterocycles. The lowest BCUT2D eigenvalue weighted by molar-refractivity contribution is 0.355. The van der Waals surface area contributed by atoms with Crippen LogP contribution in [-0.2, 0) is 0 Å². The second-order valence-corrected chi connectivity index (χ2v) is 6.55. The molecule has 1 aromatic heterocycles. The van der Waals surface area contributed by atoms with Crippen LogP contribution in [0.2, 0.25) is 0 Å². The monoisotopic (exact) mass is 362 g/mol. The van der Waals surface area contributed by atoms with E-state index in [4.69, 9.17) is 9.47 Å². The summed E-state index contributed by atoms with van der Waals surface area (Å²) in [5, 5.41) is 12.2. The highest BCUT2D eigenvalue weighted by Crippen LogP contribution is 2.31. The van der Waals surface area contributed by atoms with Gasteiger partial charge in [-0.15, -0.1) is 11.3 Å². The molecular formula is C21H18N2O2S. The molecule has 0 unspecified atom stereocenters. The van der Waals surface area contributed by atoms with E-state index >= 15 is 0 Å². The summed E-state index contributed by atoms with van der Waals surface area (Å²) in [5.41, 5.74) is 4.49. The Labute approximate surface area is 157 Å². The Bertz CT molecular complexity index is 982. The first-order valence-electron chi connectivity index (χ1n) is 8.01. The van der Waals surface area contributed by atoms with Crippen LogP contribution >= 0.6 is 11.3 Å². The molecule has 0 atom stereocenters. The Morgan fingerprint density at radius 3 is 2.46 bits per heavy atom. The van der Waals surface area contributed by atoms with E-state index in [0.717, 1.165) is 16.8 Å². The van der Waals surface area contributed by atoms with Crippen LogP contribution in [0.5, 0.6) is 11.5 Å². The third-order valence-corrected chi connectivity index (χ3v) is 4.80. The van der Waals surface area contributed by atoms with E-state index in [9.17, 15) is 5.26 Å². The number of hydrogen-bond donors (Lipinski definition) is 0. The molecule has 26 heavy (non-hydrogen) atoms. The minimum Gasteiger partial charge on any atom is -0.493 e. The van der Waals surface area contributed by atoms with Crippen molar-refractivity contribution in [1.82, 2.24) is 4.98 Å². The van der Waals surface area contributed by atoms with Crippen molar-refractivity contribution >= 4 is 23.0 Å². The van der Waals surface area contributed by atoms with Crippen molar-refractivity contribution in [3.05, 3.63) is 64.0 Å². The van der Waals surface area contributed by atoms with Crippen molar-refractivity contribution in [3.8, 4) is 28.8 Å². The van der Waals surface area contributed by atoms with Crippen LogP contribution in [0.25, 0.3) is 22.9 Å². The minimum absolute atomic E-state index is 0.514. The number of allylic oxidation sites excluding steroid dienone is 1. The largest absolute Gasteiger partial charge is 0.493 e. The summed E-state index contributed by atoms with van der Waals surface area (Å²) in [4.78, 5) is 4.63. The van der Waals surface area contributed by atoms with Gasteiger partial charge >= 0.3 is 0 Å². The van der Waals surface area contributed by atoms with Gasteiger partial charge in [-0.25, -0.2) is 4.98 Å². The smallest absolute Gasteiger partial charge is 0.161 e. The first-order chi connectivity index (χ1) is 12.6. The highest BCUT2D eigenvalue weighted by molar-refractivity contribution is 7.11. The Hall–Kier alpha value is -3.10. The fourth-order valence-electron chi connectivity index (χ4n) is 2.51. The Morgan fingerprint density at radius 1 is 1.08 bits per heavy atom. The van der Waals surface area contributed by atoms with E-state index in [1.165, 1.54) is 16.9 Å². The summed E-state index contributed by atoms with van der Waals surface area (Å²) in [6.07, 6.45) is 1.81. The summed E-state index contributed by atoms with van der Waals surface area (Å²) < 4.78 is 10.6. The average Bonchev–Trinajstić information content (AvgIpc) is 3.16. The van der Waals surface area contributed by atoms with E-state index in [2.05, 4.69) is 30.1 Å². The first-order valence-corrected chi connectivity index (χ1v) is 8.89. The van der Waals surface area contributed by atoms with Gasteiger partial charge in [-0.3, -0.25) is 0 Å². The lowest BCUT2D eigenvalue weighted by Crippen LogP contribution is -1.91. The maximum absolute atomic E-state index is 9.58. The standard InChI is InChI=1S/C21H18N2O2S/c1-14-4-7-16(8-5-14)18-13-26-21(23-18)17(12-22)10-15-6-9-19(24-2)20(11-15)25-3/h4-11,13H,1-3H3/b17-10-. The maximum Gasteiger partial charge on any atom is 0.161 e. The molecule has 0 fully saturated rings. The number of thiazole rings is 1. The predicted octanol–water partition coefficient (Wildman–Crippen LogP) is 5.20. The molecule has 0 saturated heterocycles. The van der Waals surface area contributed by atoms with Crippen molar-refractivity contribution in [3.63, 3.8) is 0 Å². The van der Waals surface area contributed by atoms with Crippen LogP contribution in [0.1, 0.15) is 16.1 Å². The quantitative estimate of drug-likeness (QED) is 0.585. The molecule has 0 aliphatic rings. The zero-order valence-electron chi connectivity index (χ0n) is 14.8. The number of methoxy groups -OCH3 is 2. The molecule has 0 spiro atoms. The van der Waals surface area contributed by atoms with Crippen molar-refractivity contribution in [2.45, 2.75) is 6.92 Å². The van der Waals surface area contributed by atoms with E-state index in [1.807, 2.05) is 35.7 Å². The minimum atomic E-state index is 0.514. The molecule has 0 radical (unpaired) electrons. The molecular weight excluding hydrogens is 344 g/mol. The van der Waals surface area contributed by atoms with Crippen molar-refractivity contribution in [1.29, 1.82) is 5.26 Å². The SMILES string of the molecule is COc1ccc(/C=C(/C#N)c2nc(-c3ccc(C)cc3)cs2)cc1OC. The lowest BCUT2D eigenvalue weighted by Gasteiger charge is -2.07. The lowest BCUT2D eigenvalue weighted by atomic mass is 10.1. The topological polar surface area (TPSA) is 55.1 Å². The number of nitriles is 1. The predicted molar refractivity (Wildman–Crippen MR) is 105 cm³/mol. The summed E-state index contributed by atoms with van der Waals surface area (Å²) in [6.45, 7) is 2.05.